The van der Waals surface area contributed by atoms with Crippen LogP contribution in [-0.4, -0.2) is 12.6 Å². The fourth-order valence-electron chi connectivity index (χ4n) is 2.20. The van der Waals surface area contributed by atoms with Crippen molar-refractivity contribution >= 4 is 17.3 Å². The van der Waals surface area contributed by atoms with Gasteiger partial charge >= 0.3 is 0 Å². The maximum absolute atomic E-state index is 6.46. The van der Waals surface area contributed by atoms with Gasteiger partial charge in [0.25, 0.3) is 0 Å². The van der Waals surface area contributed by atoms with E-state index in [0.717, 1.165) is 36.1 Å². The Morgan fingerprint density at radius 2 is 2.10 bits per heavy atom. The number of nitrogens with one attached hydrogen (secondary N) is 1. The molecule has 0 amide bonds. The van der Waals surface area contributed by atoms with Crippen molar-refractivity contribution in [2.75, 3.05) is 11.4 Å². The predicted octanol–water partition coefficient (Wildman–Crippen LogP) is 4.46. The molecule has 1 N–H and O–H groups in total. The third kappa shape index (κ3) is 4.51. The first-order valence-electron chi connectivity index (χ1n) is 7.39. The van der Waals surface area contributed by atoms with E-state index in [0.29, 0.717) is 6.04 Å². The Hall–Kier alpha value is -1.45. The van der Waals surface area contributed by atoms with Gasteiger partial charge in [0.2, 0.25) is 0 Å². The average molecular weight is 307 g/mol. The minimum absolute atomic E-state index is 0.467. The summed E-state index contributed by atoms with van der Waals surface area (Å²) in [5, 5.41) is 4.18. The summed E-state index contributed by atoms with van der Waals surface area (Å²) in [6, 6.07) is 10.6. The van der Waals surface area contributed by atoms with E-state index in [9.17, 15) is 0 Å². The minimum Gasteiger partial charge on any atom is -0.467 e. The smallest absolute Gasteiger partial charge is 0.123 e. The quantitative estimate of drug-likeness (QED) is 0.819. The Labute approximate surface area is 131 Å². The molecule has 3 nitrogen and oxygen atoms in total. The summed E-state index contributed by atoms with van der Waals surface area (Å²) in [7, 11) is 0. The second kappa shape index (κ2) is 7.53. The van der Waals surface area contributed by atoms with Crippen LogP contribution in [0.15, 0.2) is 41.0 Å². The van der Waals surface area contributed by atoms with Gasteiger partial charge in [-0.05, 0) is 36.8 Å². The van der Waals surface area contributed by atoms with E-state index >= 15 is 0 Å². The average Bonchev–Trinajstić information content (AvgIpc) is 2.96. The van der Waals surface area contributed by atoms with Gasteiger partial charge in [0.1, 0.15) is 5.76 Å². The first kappa shape index (κ1) is 15.9. The van der Waals surface area contributed by atoms with E-state index in [2.05, 4.69) is 43.1 Å². The lowest BCUT2D eigenvalue weighted by molar-refractivity contribution is 0.503. The maximum Gasteiger partial charge on any atom is 0.123 e. The van der Waals surface area contributed by atoms with Crippen LogP contribution in [-0.2, 0) is 13.1 Å². The molecule has 0 aliphatic heterocycles. The van der Waals surface area contributed by atoms with E-state index in [1.54, 1.807) is 6.26 Å². The third-order valence-corrected chi connectivity index (χ3v) is 3.68. The summed E-state index contributed by atoms with van der Waals surface area (Å²) in [4.78, 5) is 2.21. The zero-order valence-corrected chi connectivity index (χ0v) is 13.7. The molecule has 0 aliphatic carbocycles. The predicted molar refractivity (Wildman–Crippen MR) is 88.9 cm³/mol. The van der Waals surface area contributed by atoms with Crippen LogP contribution in [0.25, 0.3) is 0 Å². The highest BCUT2D eigenvalue weighted by Crippen LogP contribution is 2.28. The first-order valence-corrected chi connectivity index (χ1v) is 7.77. The molecule has 0 fully saturated rings. The molecule has 1 aromatic heterocycles. The van der Waals surface area contributed by atoms with Crippen molar-refractivity contribution in [2.24, 2.45) is 0 Å². The van der Waals surface area contributed by atoms with E-state index in [1.165, 1.54) is 5.56 Å². The molecule has 0 bridgehead atoms. The van der Waals surface area contributed by atoms with Crippen molar-refractivity contribution in [1.82, 2.24) is 5.32 Å². The second-order valence-electron chi connectivity index (χ2n) is 5.41. The van der Waals surface area contributed by atoms with Crippen molar-refractivity contribution in [3.05, 3.63) is 52.9 Å². The van der Waals surface area contributed by atoms with Crippen LogP contribution < -0.4 is 10.2 Å². The Balaban J connectivity index is 2.10. The normalized spacial score (nSPS) is 11.1. The van der Waals surface area contributed by atoms with Crippen molar-refractivity contribution in [2.45, 2.75) is 39.9 Å². The Bertz CT molecular complexity index is 552. The van der Waals surface area contributed by atoms with Gasteiger partial charge in [0.15, 0.2) is 0 Å². The third-order valence-electron chi connectivity index (χ3n) is 3.38. The monoisotopic (exact) mass is 306 g/mol. The molecule has 4 heteroatoms. The Morgan fingerprint density at radius 1 is 1.29 bits per heavy atom. The fourth-order valence-corrected chi connectivity index (χ4v) is 2.52. The minimum atomic E-state index is 0.467. The molecule has 0 radical (unpaired) electrons. The molecule has 114 valence electrons. The molecular weight excluding hydrogens is 284 g/mol. The largest absolute Gasteiger partial charge is 0.467 e. The van der Waals surface area contributed by atoms with Crippen LogP contribution in [0, 0.1) is 0 Å². The molecule has 0 aliphatic rings. The zero-order valence-electron chi connectivity index (χ0n) is 12.9. The molecule has 0 saturated carbocycles. The number of hydrogen-bond acceptors (Lipinski definition) is 3. The van der Waals surface area contributed by atoms with Gasteiger partial charge in [0, 0.05) is 19.1 Å². The Kier molecular flexibility index (Phi) is 5.71. The molecule has 21 heavy (non-hydrogen) atoms. The van der Waals surface area contributed by atoms with Crippen molar-refractivity contribution in [1.29, 1.82) is 0 Å². The number of hydrogen-bond donors (Lipinski definition) is 1. The van der Waals surface area contributed by atoms with Gasteiger partial charge in [-0.1, -0.05) is 31.5 Å². The van der Waals surface area contributed by atoms with Crippen LogP contribution >= 0.6 is 11.6 Å². The van der Waals surface area contributed by atoms with Crippen molar-refractivity contribution in [3.63, 3.8) is 0 Å². The SMILES string of the molecule is CCN(Cc1ccco1)c1ccc(CNC(C)C)cc1Cl. The summed E-state index contributed by atoms with van der Waals surface area (Å²) in [5.41, 5.74) is 2.25. The summed E-state index contributed by atoms with van der Waals surface area (Å²) < 4.78 is 5.42. The molecule has 0 spiro atoms. The van der Waals surface area contributed by atoms with Crippen molar-refractivity contribution < 1.29 is 4.42 Å². The number of halogens is 1. The molecule has 1 aromatic carbocycles. The highest BCUT2D eigenvalue weighted by atomic mass is 35.5. The summed E-state index contributed by atoms with van der Waals surface area (Å²) in [5.74, 6) is 0.943. The van der Waals surface area contributed by atoms with Gasteiger partial charge in [-0.15, -0.1) is 0 Å². The van der Waals surface area contributed by atoms with Gasteiger partial charge in [0.05, 0.1) is 23.5 Å². The fraction of sp³-hybridized carbons (Fsp3) is 0.412. The zero-order chi connectivity index (χ0) is 15.2. The van der Waals surface area contributed by atoms with Crippen LogP contribution in [0.3, 0.4) is 0 Å². The molecule has 2 aromatic rings. The van der Waals surface area contributed by atoms with E-state index in [1.807, 2.05) is 18.2 Å². The van der Waals surface area contributed by atoms with E-state index < -0.39 is 0 Å². The molecule has 0 saturated heterocycles. The summed E-state index contributed by atoms with van der Waals surface area (Å²) in [6.45, 7) is 8.84. The molecule has 0 atom stereocenters. The lowest BCUT2D eigenvalue weighted by Gasteiger charge is -2.23. The first-order chi connectivity index (χ1) is 10.1. The molecule has 0 unspecified atom stereocenters. The van der Waals surface area contributed by atoms with Crippen LogP contribution in [0.2, 0.25) is 5.02 Å². The van der Waals surface area contributed by atoms with Gasteiger partial charge in [-0.25, -0.2) is 0 Å². The highest BCUT2D eigenvalue weighted by Gasteiger charge is 2.11. The lowest BCUT2D eigenvalue weighted by atomic mass is 10.1. The maximum atomic E-state index is 6.46. The van der Waals surface area contributed by atoms with Gasteiger partial charge in [-0.3, -0.25) is 0 Å². The summed E-state index contributed by atoms with van der Waals surface area (Å²) in [6.07, 6.45) is 1.70. The highest BCUT2D eigenvalue weighted by molar-refractivity contribution is 6.33. The number of rotatable bonds is 7. The van der Waals surface area contributed by atoms with Crippen LogP contribution in [0.5, 0.6) is 0 Å². The van der Waals surface area contributed by atoms with Gasteiger partial charge in [-0.2, -0.15) is 0 Å². The van der Waals surface area contributed by atoms with Crippen molar-refractivity contribution in [3.8, 4) is 0 Å². The van der Waals surface area contributed by atoms with Gasteiger partial charge < -0.3 is 14.6 Å². The van der Waals surface area contributed by atoms with E-state index in [4.69, 9.17) is 16.0 Å². The number of furan rings is 1. The lowest BCUT2D eigenvalue weighted by Crippen LogP contribution is -2.23. The summed E-state index contributed by atoms with van der Waals surface area (Å²) >= 11 is 6.46. The van der Waals surface area contributed by atoms with Crippen LogP contribution in [0.1, 0.15) is 32.1 Å². The molecular formula is C17H23ClN2O. The topological polar surface area (TPSA) is 28.4 Å². The molecule has 2 rings (SSSR count). The molecule has 1 heterocycles. The number of anilines is 1. The number of nitrogens with zero attached hydrogens (tertiary/aromatic N) is 1. The Morgan fingerprint density at radius 3 is 2.67 bits per heavy atom. The van der Waals surface area contributed by atoms with Crippen LogP contribution in [0.4, 0.5) is 5.69 Å². The standard InChI is InChI=1S/C17H23ClN2O/c1-4-20(12-15-6-5-9-21-15)17-8-7-14(10-16(17)18)11-19-13(2)3/h5-10,13,19H,4,11-12H2,1-3H3. The second-order valence-corrected chi connectivity index (χ2v) is 5.82. The van der Waals surface area contributed by atoms with E-state index in [-0.39, 0.29) is 0 Å². The number of benzene rings is 1.